The van der Waals surface area contributed by atoms with Crippen molar-refractivity contribution in [2.45, 2.75) is 10.8 Å². The molecule has 22 heavy (non-hydrogen) atoms. The Hall–Kier alpha value is -1.38. The summed E-state index contributed by atoms with van der Waals surface area (Å²) in [5, 5.41) is 0. The first-order valence-electron chi connectivity index (χ1n) is 5.99. The molecule has 3 nitrogen and oxygen atoms in total. The van der Waals surface area contributed by atoms with Gasteiger partial charge in [0.05, 0.1) is 0 Å². The molecule has 118 valence electrons. The Morgan fingerprint density at radius 2 is 1.91 bits per heavy atom. The summed E-state index contributed by atoms with van der Waals surface area (Å²) < 4.78 is 57.0. The van der Waals surface area contributed by atoms with Gasteiger partial charge in [0.2, 0.25) is 0 Å². The van der Waals surface area contributed by atoms with Gasteiger partial charge in [-0.15, -0.1) is 0 Å². The minimum absolute atomic E-state index is 0.0941. The lowest BCUT2D eigenvalue weighted by Gasteiger charge is -2.02. The summed E-state index contributed by atoms with van der Waals surface area (Å²) in [6.45, 7) is 0. The zero-order valence-corrected chi connectivity index (χ0v) is 13.4. The van der Waals surface area contributed by atoms with Crippen LogP contribution in [0.1, 0.15) is 6.42 Å². The molecule has 0 radical (unpaired) electrons. The van der Waals surface area contributed by atoms with Crippen molar-refractivity contribution >= 4 is 32.7 Å². The molecule has 1 aromatic heterocycles. The van der Waals surface area contributed by atoms with Crippen LogP contribution >= 0.6 is 22.9 Å². The van der Waals surface area contributed by atoms with E-state index in [1.807, 2.05) is 0 Å². The highest BCUT2D eigenvalue weighted by atomic mass is 35.5. The highest BCUT2D eigenvalue weighted by Gasteiger charge is 2.21. The summed E-state index contributed by atoms with van der Waals surface area (Å²) in [5.41, 5.74) is 1.06. The third kappa shape index (κ3) is 3.88. The van der Waals surface area contributed by atoms with Crippen LogP contribution in [0.2, 0.25) is 4.34 Å². The molecule has 1 unspecified atom stereocenters. The van der Waals surface area contributed by atoms with Crippen LogP contribution in [-0.4, -0.2) is 14.9 Å². The minimum Gasteiger partial charge on any atom is -0.247 e. The summed E-state index contributed by atoms with van der Waals surface area (Å²) >= 11 is 6.88. The Morgan fingerprint density at radius 1 is 1.27 bits per heavy atom. The lowest BCUT2D eigenvalue weighted by atomic mass is 10.2. The molecule has 1 heterocycles. The second-order valence-electron chi connectivity index (χ2n) is 4.26. The average molecular weight is 367 g/mol. The van der Waals surface area contributed by atoms with Crippen LogP contribution in [0.5, 0.6) is 0 Å². The van der Waals surface area contributed by atoms with Crippen molar-refractivity contribution in [2.24, 2.45) is 0 Å². The highest BCUT2D eigenvalue weighted by Crippen LogP contribution is 2.35. The van der Waals surface area contributed by atoms with Crippen molar-refractivity contribution in [1.29, 1.82) is 4.78 Å². The summed E-state index contributed by atoms with van der Waals surface area (Å²) in [5.74, 6) is -2.24. The molecule has 0 aliphatic carbocycles. The Kier molecular flexibility index (Phi) is 5.25. The standard InChI is InChI=1S/C13H10ClF3N2OS2/c14-11-10(8-4-2-1-3-5-8)19-13(21-11)22(18,20)7-6-9(15)12(16)17/h1-5,18H,6-7H2. The molecule has 0 aliphatic heterocycles. The van der Waals surface area contributed by atoms with Crippen molar-refractivity contribution in [1.82, 2.24) is 4.98 Å². The molecule has 0 saturated heterocycles. The van der Waals surface area contributed by atoms with E-state index in [0.29, 0.717) is 11.3 Å². The van der Waals surface area contributed by atoms with E-state index in [4.69, 9.17) is 16.4 Å². The van der Waals surface area contributed by atoms with Crippen LogP contribution in [0.4, 0.5) is 13.2 Å². The van der Waals surface area contributed by atoms with Gasteiger partial charge in [-0.3, -0.25) is 0 Å². The number of nitrogens with zero attached hydrogens (tertiary/aromatic N) is 1. The predicted octanol–water partition coefficient (Wildman–Crippen LogP) is 5.34. The molecule has 0 spiro atoms. The second kappa shape index (κ2) is 6.80. The molecule has 1 atom stereocenters. The maximum absolute atomic E-state index is 12.8. The van der Waals surface area contributed by atoms with E-state index < -0.39 is 33.8 Å². The van der Waals surface area contributed by atoms with Crippen LogP contribution in [0, 0.1) is 4.78 Å². The maximum atomic E-state index is 12.8. The summed E-state index contributed by atoms with van der Waals surface area (Å²) in [6.07, 6.45) is -3.24. The van der Waals surface area contributed by atoms with E-state index in [-0.39, 0.29) is 8.68 Å². The fourth-order valence-corrected chi connectivity index (χ4v) is 4.59. The van der Waals surface area contributed by atoms with Crippen molar-refractivity contribution in [2.75, 3.05) is 5.75 Å². The molecular formula is C13H10ClF3N2OS2. The van der Waals surface area contributed by atoms with Gasteiger partial charge in [-0.25, -0.2) is 18.4 Å². The predicted molar refractivity (Wildman–Crippen MR) is 81.5 cm³/mol. The van der Waals surface area contributed by atoms with E-state index in [0.717, 1.165) is 11.3 Å². The van der Waals surface area contributed by atoms with Gasteiger partial charge in [0.25, 0.3) is 0 Å². The Morgan fingerprint density at radius 3 is 2.50 bits per heavy atom. The van der Waals surface area contributed by atoms with Gasteiger partial charge >= 0.3 is 6.08 Å². The number of aromatic nitrogens is 1. The first-order valence-corrected chi connectivity index (χ1v) is 8.91. The van der Waals surface area contributed by atoms with Crippen molar-refractivity contribution in [3.8, 4) is 11.3 Å². The minimum atomic E-state index is -3.48. The van der Waals surface area contributed by atoms with Crippen molar-refractivity contribution in [3.63, 3.8) is 0 Å². The number of nitrogens with one attached hydrogen (secondary N) is 1. The number of hydrogen-bond acceptors (Lipinski definition) is 4. The van der Waals surface area contributed by atoms with Crippen LogP contribution in [0.3, 0.4) is 0 Å². The van der Waals surface area contributed by atoms with E-state index in [9.17, 15) is 17.4 Å². The fraction of sp³-hybridized carbons (Fsp3) is 0.154. The monoisotopic (exact) mass is 366 g/mol. The van der Waals surface area contributed by atoms with Gasteiger partial charge < -0.3 is 0 Å². The smallest absolute Gasteiger partial charge is 0.247 e. The van der Waals surface area contributed by atoms with Crippen LogP contribution in [0.15, 0.2) is 46.6 Å². The number of benzene rings is 1. The lowest BCUT2D eigenvalue weighted by Crippen LogP contribution is -2.05. The van der Waals surface area contributed by atoms with Crippen LogP contribution in [0.25, 0.3) is 11.3 Å². The third-order valence-electron chi connectivity index (χ3n) is 2.71. The average Bonchev–Trinajstić information content (AvgIpc) is 2.88. The van der Waals surface area contributed by atoms with Gasteiger partial charge in [0, 0.05) is 17.7 Å². The normalized spacial score (nSPS) is 13.6. The molecular weight excluding hydrogens is 357 g/mol. The molecule has 0 fully saturated rings. The largest absolute Gasteiger partial charge is 0.301 e. The van der Waals surface area contributed by atoms with Gasteiger partial charge in [-0.05, 0) is 0 Å². The zero-order chi connectivity index (χ0) is 16.3. The number of rotatable bonds is 5. The van der Waals surface area contributed by atoms with Crippen LogP contribution < -0.4 is 0 Å². The summed E-state index contributed by atoms with van der Waals surface area (Å²) in [6, 6.07) is 8.84. The molecule has 0 saturated carbocycles. The molecule has 1 aromatic carbocycles. The third-order valence-corrected chi connectivity index (χ3v) is 6.25. The Balaban J connectivity index is 2.28. The van der Waals surface area contributed by atoms with Gasteiger partial charge in [-0.2, -0.15) is 8.78 Å². The topological polar surface area (TPSA) is 53.8 Å². The molecule has 2 rings (SSSR count). The van der Waals surface area contributed by atoms with E-state index >= 15 is 0 Å². The Bertz CT molecular complexity index is 800. The second-order valence-corrected chi connectivity index (χ2v) is 8.27. The maximum Gasteiger partial charge on any atom is 0.301 e. The number of allylic oxidation sites excluding steroid dienone is 1. The van der Waals surface area contributed by atoms with Crippen molar-refractivity contribution in [3.05, 3.63) is 46.6 Å². The van der Waals surface area contributed by atoms with E-state index in [2.05, 4.69) is 4.98 Å². The molecule has 9 heteroatoms. The van der Waals surface area contributed by atoms with Gasteiger partial charge in [-0.1, -0.05) is 53.3 Å². The number of hydrogen-bond donors (Lipinski definition) is 1. The van der Waals surface area contributed by atoms with Crippen molar-refractivity contribution < 1.29 is 17.4 Å². The summed E-state index contributed by atoms with van der Waals surface area (Å²) in [7, 11) is -3.48. The zero-order valence-electron chi connectivity index (χ0n) is 11.0. The number of thiazole rings is 1. The first kappa shape index (κ1) is 17.0. The highest BCUT2D eigenvalue weighted by molar-refractivity contribution is 7.94. The lowest BCUT2D eigenvalue weighted by molar-refractivity contribution is 0.373. The quantitative estimate of drug-likeness (QED) is 0.776. The van der Waals surface area contributed by atoms with Crippen LogP contribution in [-0.2, 0) is 9.73 Å². The molecule has 0 bridgehead atoms. The Labute approximate surface area is 134 Å². The van der Waals surface area contributed by atoms with Gasteiger partial charge in [0.15, 0.2) is 10.2 Å². The fourth-order valence-electron chi connectivity index (χ4n) is 1.61. The molecule has 1 N–H and O–H groups in total. The number of halogens is 4. The van der Waals surface area contributed by atoms with E-state index in [1.165, 1.54) is 0 Å². The molecule has 0 aliphatic rings. The first-order chi connectivity index (χ1) is 10.3. The molecule has 2 aromatic rings. The summed E-state index contributed by atoms with van der Waals surface area (Å²) in [4.78, 5) is 4.07. The van der Waals surface area contributed by atoms with Gasteiger partial charge in [0.1, 0.15) is 19.8 Å². The van der Waals surface area contributed by atoms with E-state index in [1.54, 1.807) is 30.3 Å². The molecule has 0 amide bonds. The SMILES string of the molecule is N=S(=O)(CCC(F)=C(F)F)c1nc(-c2ccccc2)c(Cl)s1.